The number of ether oxygens (including phenoxy) is 2. The van der Waals surface area contributed by atoms with Crippen molar-refractivity contribution >= 4 is 50.9 Å². The molecular formula is C26H24BrClFN3O6. The Bertz CT molecular complexity index is 1410. The van der Waals surface area contributed by atoms with Crippen LogP contribution in [0.1, 0.15) is 42.3 Å². The van der Waals surface area contributed by atoms with Gasteiger partial charge < -0.3 is 14.8 Å². The zero-order valence-corrected chi connectivity index (χ0v) is 23.2. The first-order chi connectivity index (χ1) is 17.7. The van der Waals surface area contributed by atoms with Crippen molar-refractivity contribution in [2.45, 2.75) is 39.8 Å². The van der Waals surface area contributed by atoms with E-state index in [0.29, 0.717) is 27.6 Å². The number of benzene rings is 3. The van der Waals surface area contributed by atoms with E-state index in [9.17, 15) is 24.1 Å². The number of nitro benzene ring substituents is 1. The molecule has 12 heteroatoms. The Hall–Kier alpha value is -3.70. The second-order valence-corrected chi connectivity index (χ2v) is 10.5. The lowest BCUT2D eigenvalue weighted by Gasteiger charge is -2.20. The molecular weight excluding hydrogens is 585 g/mol. The van der Waals surface area contributed by atoms with Gasteiger partial charge in [-0.15, -0.1) is 0 Å². The molecule has 3 rings (SSSR count). The Morgan fingerprint density at radius 3 is 2.47 bits per heavy atom. The van der Waals surface area contributed by atoms with E-state index in [1.165, 1.54) is 24.3 Å². The van der Waals surface area contributed by atoms with Gasteiger partial charge in [-0.1, -0.05) is 17.7 Å². The molecule has 0 aromatic heterocycles. The van der Waals surface area contributed by atoms with Crippen molar-refractivity contribution in [3.63, 3.8) is 0 Å². The lowest BCUT2D eigenvalue weighted by molar-refractivity contribution is -0.384. The second kappa shape index (κ2) is 11.8. The number of carbonyl (C=O) groups excluding carboxylic acids is 2. The molecule has 2 N–H and O–H groups in total. The summed E-state index contributed by atoms with van der Waals surface area (Å²) in [6.07, 6.45) is -0.884. The molecule has 0 radical (unpaired) electrons. The SMILES string of the molecule is Cc1cc(Oc2cc(Cl)ccc2CNC(=O)c2cc(Br)c(NC(=O)OC(C)(C)C)c([N+](=O)[O-])c2)ccc1F. The molecule has 0 fully saturated rings. The van der Waals surface area contributed by atoms with Crippen LogP contribution in [0.25, 0.3) is 0 Å². The number of carbonyl (C=O) groups is 2. The highest BCUT2D eigenvalue weighted by Gasteiger charge is 2.25. The number of aryl methyl sites for hydroxylation is 1. The smallest absolute Gasteiger partial charge is 0.412 e. The predicted octanol–water partition coefficient (Wildman–Crippen LogP) is 7.53. The molecule has 2 amide bonds. The van der Waals surface area contributed by atoms with E-state index in [-0.39, 0.29) is 28.1 Å². The lowest BCUT2D eigenvalue weighted by Crippen LogP contribution is -2.27. The first kappa shape index (κ1) is 28.9. The van der Waals surface area contributed by atoms with E-state index in [1.54, 1.807) is 45.9 Å². The maximum atomic E-state index is 13.6. The van der Waals surface area contributed by atoms with Crippen LogP contribution in [0.4, 0.5) is 20.6 Å². The Morgan fingerprint density at radius 1 is 1.13 bits per heavy atom. The molecule has 3 aromatic carbocycles. The number of halogens is 3. The van der Waals surface area contributed by atoms with Crippen molar-refractivity contribution < 1.29 is 28.4 Å². The maximum absolute atomic E-state index is 13.6. The summed E-state index contributed by atoms with van der Waals surface area (Å²) in [4.78, 5) is 36.0. The van der Waals surface area contributed by atoms with Crippen LogP contribution in [-0.2, 0) is 11.3 Å². The molecule has 0 spiro atoms. The zero-order chi connectivity index (χ0) is 28.2. The summed E-state index contributed by atoms with van der Waals surface area (Å²) in [5.41, 5.74) is -0.534. The second-order valence-electron chi connectivity index (χ2n) is 9.18. The van der Waals surface area contributed by atoms with Crippen LogP contribution in [-0.4, -0.2) is 22.5 Å². The molecule has 38 heavy (non-hydrogen) atoms. The van der Waals surface area contributed by atoms with Crippen LogP contribution in [0.15, 0.2) is 53.0 Å². The van der Waals surface area contributed by atoms with Crippen molar-refractivity contribution in [1.82, 2.24) is 5.32 Å². The highest BCUT2D eigenvalue weighted by molar-refractivity contribution is 9.10. The van der Waals surface area contributed by atoms with Crippen molar-refractivity contribution in [2.24, 2.45) is 0 Å². The van der Waals surface area contributed by atoms with E-state index in [2.05, 4.69) is 26.6 Å². The highest BCUT2D eigenvalue weighted by Crippen LogP contribution is 2.35. The van der Waals surface area contributed by atoms with Crippen molar-refractivity contribution in [2.75, 3.05) is 5.32 Å². The zero-order valence-electron chi connectivity index (χ0n) is 20.9. The van der Waals surface area contributed by atoms with E-state index in [4.69, 9.17) is 21.1 Å². The largest absolute Gasteiger partial charge is 0.457 e. The summed E-state index contributed by atoms with van der Waals surface area (Å²) in [6, 6.07) is 11.5. The minimum Gasteiger partial charge on any atom is -0.457 e. The molecule has 3 aromatic rings. The fourth-order valence-electron chi connectivity index (χ4n) is 3.25. The quantitative estimate of drug-likeness (QED) is 0.211. The summed E-state index contributed by atoms with van der Waals surface area (Å²) in [6.45, 7) is 6.56. The van der Waals surface area contributed by atoms with E-state index in [1.807, 2.05) is 0 Å². The number of anilines is 1. The van der Waals surface area contributed by atoms with Crippen molar-refractivity contribution in [1.29, 1.82) is 0 Å². The average Bonchev–Trinajstić information content (AvgIpc) is 2.80. The number of hydrogen-bond acceptors (Lipinski definition) is 6. The van der Waals surface area contributed by atoms with Gasteiger partial charge in [-0.3, -0.25) is 20.2 Å². The summed E-state index contributed by atoms with van der Waals surface area (Å²) >= 11 is 9.30. The minimum absolute atomic E-state index is 0.00512. The lowest BCUT2D eigenvalue weighted by atomic mass is 10.1. The average molecular weight is 609 g/mol. The normalized spacial score (nSPS) is 11.0. The Morgan fingerprint density at radius 2 is 1.84 bits per heavy atom. The molecule has 0 saturated carbocycles. The molecule has 0 aliphatic heterocycles. The summed E-state index contributed by atoms with van der Waals surface area (Å²) in [7, 11) is 0. The van der Waals surface area contributed by atoms with Gasteiger partial charge in [0, 0.05) is 33.2 Å². The van der Waals surface area contributed by atoms with Crippen LogP contribution in [0.5, 0.6) is 11.5 Å². The van der Waals surface area contributed by atoms with Gasteiger partial charge >= 0.3 is 6.09 Å². The molecule has 0 saturated heterocycles. The summed E-state index contributed by atoms with van der Waals surface area (Å²) in [5, 5.41) is 17.1. The molecule has 0 atom stereocenters. The van der Waals surface area contributed by atoms with Crippen LogP contribution in [0, 0.1) is 22.9 Å². The van der Waals surface area contributed by atoms with Crippen LogP contribution >= 0.6 is 27.5 Å². The summed E-state index contributed by atoms with van der Waals surface area (Å²) < 4.78 is 24.8. The standard InChI is InChI=1S/C26H24BrClFN3O6/c1-14-9-18(7-8-20(14)29)37-22-12-17(28)6-5-15(22)13-30-24(33)16-10-19(27)23(21(11-16)32(35)36)31-25(34)38-26(2,3)4/h5-12H,13H2,1-4H3,(H,30,33)(H,31,34). The van der Waals surface area contributed by atoms with Gasteiger partial charge in [0.2, 0.25) is 0 Å². The van der Waals surface area contributed by atoms with E-state index < -0.39 is 28.2 Å². The maximum Gasteiger partial charge on any atom is 0.412 e. The van der Waals surface area contributed by atoms with Gasteiger partial charge in [0.25, 0.3) is 11.6 Å². The Kier molecular flexibility index (Phi) is 8.95. The number of amides is 2. The van der Waals surface area contributed by atoms with Crippen LogP contribution in [0.3, 0.4) is 0 Å². The number of nitrogens with one attached hydrogen (secondary N) is 2. The molecule has 0 bridgehead atoms. The first-order valence-electron chi connectivity index (χ1n) is 11.2. The predicted molar refractivity (Wildman–Crippen MR) is 144 cm³/mol. The molecule has 0 aliphatic carbocycles. The van der Waals surface area contributed by atoms with Crippen LogP contribution < -0.4 is 15.4 Å². The number of rotatable bonds is 7. The first-order valence-corrected chi connectivity index (χ1v) is 12.4. The van der Waals surface area contributed by atoms with Crippen LogP contribution in [0.2, 0.25) is 5.02 Å². The third-order valence-corrected chi connectivity index (χ3v) is 5.84. The summed E-state index contributed by atoms with van der Waals surface area (Å²) in [5.74, 6) is -0.265. The van der Waals surface area contributed by atoms with Crippen molar-refractivity contribution in [3.8, 4) is 11.5 Å². The topological polar surface area (TPSA) is 120 Å². The number of hydrogen-bond donors (Lipinski definition) is 2. The van der Waals surface area contributed by atoms with Gasteiger partial charge in [-0.25, -0.2) is 9.18 Å². The fourth-order valence-corrected chi connectivity index (χ4v) is 3.96. The Labute approximate surface area is 231 Å². The van der Waals surface area contributed by atoms with Gasteiger partial charge in [-0.2, -0.15) is 0 Å². The molecule has 9 nitrogen and oxygen atoms in total. The highest BCUT2D eigenvalue weighted by atomic mass is 79.9. The third kappa shape index (κ3) is 7.65. The number of nitrogens with zero attached hydrogens (tertiary/aromatic N) is 1. The molecule has 0 aliphatic rings. The fraction of sp³-hybridized carbons (Fsp3) is 0.231. The molecule has 200 valence electrons. The third-order valence-electron chi connectivity index (χ3n) is 4.98. The number of nitro groups is 1. The van der Waals surface area contributed by atoms with Crippen molar-refractivity contribution in [3.05, 3.63) is 90.6 Å². The molecule has 0 heterocycles. The Balaban J connectivity index is 1.81. The van der Waals surface area contributed by atoms with E-state index in [0.717, 1.165) is 6.07 Å². The monoisotopic (exact) mass is 607 g/mol. The van der Waals surface area contributed by atoms with Gasteiger partial charge in [0.05, 0.1) is 4.92 Å². The molecule has 0 unspecified atom stereocenters. The minimum atomic E-state index is -0.884. The van der Waals surface area contributed by atoms with Gasteiger partial charge in [-0.05, 0) is 85.6 Å². The van der Waals surface area contributed by atoms with Gasteiger partial charge in [0.1, 0.15) is 28.6 Å². The van der Waals surface area contributed by atoms with E-state index >= 15 is 0 Å². The van der Waals surface area contributed by atoms with Gasteiger partial charge in [0.15, 0.2) is 0 Å².